The Morgan fingerprint density at radius 1 is 0.909 bits per heavy atom. The largest absolute Gasteiger partial charge is 0.277 e. The third-order valence-electron chi connectivity index (χ3n) is 3.42. The Bertz CT molecular complexity index is 930. The molecule has 0 bridgehead atoms. The minimum atomic E-state index is 0.698. The van der Waals surface area contributed by atoms with Crippen LogP contribution < -0.4 is 0 Å². The number of halogens is 1. The van der Waals surface area contributed by atoms with E-state index in [1.807, 2.05) is 53.1 Å². The van der Waals surface area contributed by atoms with Crippen molar-refractivity contribution in [1.29, 1.82) is 0 Å². The summed E-state index contributed by atoms with van der Waals surface area (Å²) in [5.74, 6) is 0.809. The van der Waals surface area contributed by atoms with Gasteiger partial charge < -0.3 is 0 Å². The number of rotatable bonds is 2. The molecule has 0 unspecified atom stereocenters. The first kappa shape index (κ1) is 13.0. The highest BCUT2D eigenvalue weighted by Gasteiger charge is 2.14. The lowest BCUT2D eigenvalue weighted by Crippen LogP contribution is -1.98. The summed E-state index contributed by atoms with van der Waals surface area (Å²) >= 11 is 6.00. The molecular weight excluding hydrogens is 296 g/mol. The van der Waals surface area contributed by atoms with Gasteiger partial charge >= 0.3 is 0 Å². The van der Waals surface area contributed by atoms with Crippen molar-refractivity contribution in [2.75, 3.05) is 0 Å². The van der Waals surface area contributed by atoms with E-state index < -0.39 is 0 Å². The molecule has 0 amide bonds. The van der Waals surface area contributed by atoms with Gasteiger partial charge in [0.05, 0.1) is 0 Å². The standard InChI is InChI=1S/C17H11ClN4/c18-13-5-7-14(8-6-13)22-16(12-3-1-9-19-11-12)21-15-4-2-10-20-17(15)22/h1-11H. The summed E-state index contributed by atoms with van der Waals surface area (Å²) in [6.45, 7) is 0. The summed E-state index contributed by atoms with van der Waals surface area (Å²) in [4.78, 5) is 13.4. The third-order valence-corrected chi connectivity index (χ3v) is 3.67. The topological polar surface area (TPSA) is 43.6 Å². The Morgan fingerprint density at radius 3 is 2.50 bits per heavy atom. The van der Waals surface area contributed by atoms with Gasteiger partial charge in [0.1, 0.15) is 11.3 Å². The van der Waals surface area contributed by atoms with Crippen molar-refractivity contribution in [1.82, 2.24) is 19.5 Å². The van der Waals surface area contributed by atoms with Gasteiger partial charge in [-0.2, -0.15) is 0 Å². The number of imidazole rings is 1. The summed E-state index contributed by atoms with van der Waals surface area (Å²) in [6, 6.07) is 15.4. The van der Waals surface area contributed by atoms with Crippen molar-refractivity contribution in [3.63, 3.8) is 0 Å². The maximum absolute atomic E-state index is 6.00. The molecule has 0 aliphatic carbocycles. The van der Waals surface area contributed by atoms with Crippen molar-refractivity contribution in [3.8, 4) is 17.1 Å². The number of hydrogen-bond acceptors (Lipinski definition) is 3. The van der Waals surface area contributed by atoms with E-state index in [-0.39, 0.29) is 0 Å². The fourth-order valence-corrected chi connectivity index (χ4v) is 2.56. The van der Waals surface area contributed by atoms with Crippen LogP contribution in [-0.4, -0.2) is 19.5 Å². The van der Waals surface area contributed by atoms with Crippen molar-refractivity contribution >= 4 is 22.8 Å². The van der Waals surface area contributed by atoms with Gasteiger partial charge in [0.2, 0.25) is 0 Å². The fourth-order valence-electron chi connectivity index (χ4n) is 2.44. The van der Waals surface area contributed by atoms with E-state index in [0.29, 0.717) is 5.02 Å². The first-order chi connectivity index (χ1) is 10.8. The molecule has 0 saturated heterocycles. The molecule has 0 N–H and O–H groups in total. The second-order valence-corrected chi connectivity index (χ2v) is 5.27. The Hall–Kier alpha value is -2.72. The molecule has 0 aliphatic heterocycles. The molecule has 0 aliphatic rings. The molecule has 5 heteroatoms. The van der Waals surface area contributed by atoms with Gasteiger partial charge in [0.25, 0.3) is 0 Å². The van der Waals surface area contributed by atoms with Crippen molar-refractivity contribution in [3.05, 3.63) is 72.1 Å². The Morgan fingerprint density at radius 2 is 1.73 bits per heavy atom. The van der Waals surface area contributed by atoms with Gasteiger partial charge in [0.15, 0.2) is 5.65 Å². The average molecular weight is 307 g/mol. The van der Waals surface area contributed by atoms with Crippen LogP contribution >= 0.6 is 11.6 Å². The molecule has 0 atom stereocenters. The van der Waals surface area contributed by atoms with Gasteiger partial charge in [0, 0.05) is 34.9 Å². The van der Waals surface area contributed by atoms with Crippen LogP contribution in [0.1, 0.15) is 0 Å². The van der Waals surface area contributed by atoms with Gasteiger partial charge in [-0.3, -0.25) is 9.55 Å². The Balaban J connectivity index is 2.04. The zero-order valence-corrected chi connectivity index (χ0v) is 12.3. The highest BCUT2D eigenvalue weighted by molar-refractivity contribution is 6.30. The van der Waals surface area contributed by atoms with Crippen LogP contribution in [0.3, 0.4) is 0 Å². The summed E-state index contributed by atoms with van der Waals surface area (Å²) in [6.07, 6.45) is 5.31. The van der Waals surface area contributed by atoms with Crippen LogP contribution in [0.5, 0.6) is 0 Å². The number of nitrogens with zero attached hydrogens (tertiary/aromatic N) is 4. The van der Waals surface area contributed by atoms with E-state index in [0.717, 1.165) is 28.2 Å². The molecule has 0 radical (unpaired) electrons. The molecule has 0 spiro atoms. The quantitative estimate of drug-likeness (QED) is 0.559. The van der Waals surface area contributed by atoms with Crippen molar-refractivity contribution < 1.29 is 0 Å². The zero-order chi connectivity index (χ0) is 14.9. The maximum Gasteiger partial charge on any atom is 0.164 e. The van der Waals surface area contributed by atoms with Crippen LogP contribution in [0.15, 0.2) is 67.1 Å². The lowest BCUT2D eigenvalue weighted by Gasteiger charge is -2.08. The van der Waals surface area contributed by atoms with Crippen LogP contribution in [0.2, 0.25) is 5.02 Å². The summed E-state index contributed by atoms with van der Waals surface area (Å²) in [5, 5.41) is 0.698. The van der Waals surface area contributed by atoms with Crippen molar-refractivity contribution in [2.45, 2.75) is 0 Å². The smallest absolute Gasteiger partial charge is 0.164 e. The second kappa shape index (κ2) is 5.24. The number of fused-ring (bicyclic) bond motifs is 1. The first-order valence-electron chi connectivity index (χ1n) is 6.83. The van der Waals surface area contributed by atoms with E-state index in [1.54, 1.807) is 18.6 Å². The van der Waals surface area contributed by atoms with Crippen LogP contribution in [0, 0.1) is 0 Å². The van der Waals surface area contributed by atoms with Gasteiger partial charge in [-0.05, 0) is 48.5 Å². The molecule has 4 rings (SSSR count). The molecule has 22 heavy (non-hydrogen) atoms. The lowest BCUT2D eigenvalue weighted by atomic mass is 10.2. The molecule has 0 saturated carbocycles. The normalized spacial score (nSPS) is 11.0. The number of hydrogen-bond donors (Lipinski definition) is 0. The lowest BCUT2D eigenvalue weighted by molar-refractivity contribution is 1.07. The molecule has 3 aromatic heterocycles. The monoisotopic (exact) mass is 306 g/mol. The van der Waals surface area contributed by atoms with E-state index in [4.69, 9.17) is 16.6 Å². The predicted molar refractivity (Wildman–Crippen MR) is 87.1 cm³/mol. The number of benzene rings is 1. The molecule has 1 aromatic carbocycles. The van der Waals surface area contributed by atoms with Crippen LogP contribution in [0.25, 0.3) is 28.2 Å². The third kappa shape index (κ3) is 2.14. The first-order valence-corrected chi connectivity index (χ1v) is 7.20. The maximum atomic E-state index is 6.00. The molecule has 0 fully saturated rings. The van der Waals surface area contributed by atoms with Crippen LogP contribution in [-0.2, 0) is 0 Å². The Labute approximate surface area is 132 Å². The predicted octanol–water partition coefficient (Wildman–Crippen LogP) is 4.14. The highest BCUT2D eigenvalue weighted by atomic mass is 35.5. The minimum Gasteiger partial charge on any atom is -0.277 e. The second-order valence-electron chi connectivity index (χ2n) is 4.84. The minimum absolute atomic E-state index is 0.698. The SMILES string of the molecule is Clc1ccc(-n2c(-c3cccnc3)nc3cccnc32)cc1. The molecule has 4 aromatic rings. The van der Waals surface area contributed by atoms with E-state index in [9.17, 15) is 0 Å². The zero-order valence-electron chi connectivity index (χ0n) is 11.5. The molecule has 106 valence electrons. The average Bonchev–Trinajstić information content (AvgIpc) is 2.96. The molecule has 4 nitrogen and oxygen atoms in total. The summed E-state index contributed by atoms with van der Waals surface area (Å²) in [5.41, 5.74) is 3.56. The van der Waals surface area contributed by atoms with Gasteiger partial charge in [-0.25, -0.2) is 9.97 Å². The Kier molecular flexibility index (Phi) is 3.09. The highest BCUT2D eigenvalue weighted by Crippen LogP contribution is 2.27. The van der Waals surface area contributed by atoms with Gasteiger partial charge in [-0.15, -0.1) is 0 Å². The number of aromatic nitrogens is 4. The van der Waals surface area contributed by atoms with E-state index >= 15 is 0 Å². The molecule has 3 heterocycles. The van der Waals surface area contributed by atoms with Crippen molar-refractivity contribution in [2.24, 2.45) is 0 Å². The summed E-state index contributed by atoms with van der Waals surface area (Å²) in [7, 11) is 0. The van der Waals surface area contributed by atoms with E-state index in [2.05, 4.69) is 9.97 Å². The van der Waals surface area contributed by atoms with Crippen LogP contribution in [0.4, 0.5) is 0 Å². The fraction of sp³-hybridized carbons (Fsp3) is 0. The number of pyridine rings is 2. The van der Waals surface area contributed by atoms with E-state index in [1.165, 1.54) is 0 Å². The van der Waals surface area contributed by atoms with Gasteiger partial charge in [-0.1, -0.05) is 11.6 Å². The molecular formula is C17H11ClN4. The summed E-state index contributed by atoms with van der Waals surface area (Å²) < 4.78 is 2.02.